The molecule has 4 aromatic rings. The van der Waals surface area contributed by atoms with Gasteiger partial charge in [-0.15, -0.1) is 0 Å². The van der Waals surface area contributed by atoms with Gasteiger partial charge in [-0.1, -0.05) is 59.6 Å². The van der Waals surface area contributed by atoms with E-state index in [1.807, 2.05) is 42.5 Å². The van der Waals surface area contributed by atoms with E-state index >= 15 is 0 Å². The smallest absolute Gasteiger partial charge is 0.311 e. The van der Waals surface area contributed by atoms with Gasteiger partial charge in [0.25, 0.3) is 0 Å². The maximum atomic E-state index is 12.6. The zero-order valence-corrected chi connectivity index (χ0v) is 21.0. The zero-order chi connectivity index (χ0) is 25.9. The highest BCUT2D eigenvalue weighted by Gasteiger charge is 2.36. The quantitative estimate of drug-likeness (QED) is 0.195. The van der Waals surface area contributed by atoms with E-state index in [0.29, 0.717) is 16.5 Å². The number of anilines is 1. The van der Waals surface area contributed by atoms with Gasteiger partial charge in [0.2, 0.25) is 11.7 Å². The highest BCUT2D eigenvalue weighted by atomic mass is 35.5. The van der Waals surface area contributed by atoms with E-state index < -0.39 is 24.3 Å². The number of benzene rings is 4. The summed E-state index contributed by atoms with van der Waals surface area (Å²) in [5.41, 5.74) is 0.864. The molecule has 37 heavy (non-hydrogen) atoms. The average molecular weight is 534 g/mol. The molecule has 1 aliphatic rings. The van der Waals surface area contributed by atoms with E-state index in [2.05, 4.69) is 0 Å². The number of ketones is 1. The summed E-state index contributed by atoms with van der Waals surface area (Å²) < 4.78 is 11.3. The number of nitrogens with zero attached hydrogens (tertiary/aromatic N) is 1. The van der Waals surface area contributed by atoms with Gasteiger partial charge in [-0.05, 0) is 53.9 Å². The van der Waals surface area contributed by atoms with Crippen LogP contribution in [-0.4, -0.2) is 30.8 Å². The number of halogens is 2. The third kappa shape index (κ3) is 5.45. The molecule has 0 aliphatic carbocycles. The monoisotopic (exact) mass is 533 g/mol. The van der Waals surface area contributed by atoms with Crippen LogP contribution in [-0.2, 0) is 14.3 Å². The van der Waals surface area contributed by atoms with E-state index in [0.717, 1.165) is 16.5 Å². The molecule has 1 fully saturated rings. The van der Waals surface area contributed by atoms with Crippen LogP contribution in [0.2, 0.25) is 10.0 Å². The summed E-state index contributed by atoms with van der Waals surface area (Å²) >= 11 is 11.9. The van der Waals surface area contributed by atoms with Crippen molar-refractivity contribution in [3.63, 3.8) is 0 Å². The van der Waals surface area contributed by atoms with Crippen molar-refractivity contribution >= 4 is 57.3 Å². The molecule has 0 saturated carbocycles. The van der Waals surface area contributed by atoms with Crippen molar-refractivity contribution in [2.24, 2.45) is 5.92 Å². The fourth-order valence-corrected chi connectivity index (χ4v) is 4.78. The fraction of sp³-hybridized carbons (Fsp3) is 0.138. The average Bonchev–Trinajstić information content (AvgIpc) is 3.29. The summed E-state index contributed by atoms with van der Waals surface area (Å²) in [5, 5.41) is 2.66. The maximum absolute atomic E-state index is 12.6. The molecule has 0 spiro atoms. The Labute approximate surface area is 223 Å². The SMILES string of the molecule is O=C(COC(=O)[C@@H]1CC(=O)N(c2ccc(Oc3cccc4ccccc34)cc2)C1)c1ccc(Cl)cc1Cl. The van der Waals surface area contributed by atoms with Gasteiger partial charge in [-0.2, -0.15) is 0 Å². The first kappa shape index (κ1) is 24.8. The number of amides is 1. The number of hydrogen-bond donors (Lipinski definition) is 0. The van der Waals surface area contributed by atoms with Crippen LogP contribution in [0.15, 0.2) is 84.9 Å². The number of ether oxygens (including phenoxy) is 2. The third-order valence-electron chi connectivity index (χ3n) is 6.16. The van der Waals surface area contributed by atoms with Gasteiger partial charge in [-0.25, -0.2) is 0 Å². The third-order valence-corrected chi connectivity index (χ3v) is 6.71. The summed E-state index contributed by atoms with van der Waals surface area (Å²) in [5.74, 6) is -0.560. The largest absolute Gasteiger partial charge is 0.457 e. The summed E-state index contributed by atoms with van der Waals surface area (Å²) in [6.45, 7) is -0.303. The molecule has 186 valence electrons. The van der Waals surface area contributed by atoms with E-state index in [-0.39, 0.29) is 29.5 Å². The lowest BCUT2D eigenvalue weighted by atomic mass is 10.1. The fourth-order valence-electron chi connectivity index (χ4n) is 4.27. The van der Waals surface area contributed by atoms with E-state index in [4.69, 9.17) is 32.7 Å². The van der Waals surface area contributed by atoms with Crippen LogP contribution in [0.3, 0.4) is 0 Å². The predicted octanol–water partition coefficient (Wildman–Crippen LogP) is 6.72. The molecule has 5 rings (SSSR count). The van der Waals surface area contributed by atoms with Crippen molar-refractivity contribution in [3.05, 3.63) is 101 Å². The Morgan fingerprint density at radius 1 is 0.919 bits per heavy atom. The van der Waals surface area contributed by atoms with Crippen molar-refractivity contribution in [2.45, 2.75) is 6.42 Å². The molecular weight excluding hydrogens is 513 g/mol. The predicted molar refractivity (Wildman–Crippen MR) is 143 cm³/mol. The molecule has 1 atom stereocenters. The summed E-state index contributed by atoms with van der Waals surface area (Å²) in [6, 6.07) is 25.4. The van der Waals surface area contributed by atoms with Gasteiger partial charge in [0.15, 0.2) is 6.61 Å². The van der Waals surface area contributed by atoms with Crippen molar-refractivity contribution < 1.29 is 23.9 Å². The Bertz CT molecular complexity index is 1500. The minimum Gasteiger partial charge on any atom is -0.457 e. The van der Waals surface area contributed by atoms with Gasteiger partial charge in [0.1, 0.15) is 11.5 Å². The van der Waals surface area contributed by atoms with Crippen LogP contribution >= 0.6 is 23.2 Å². The molecule has 4 aromatic carbocycles. The van der Waals surface area contributed by atoms with Gasteiger partial charge >= 0.3 is 5.97 Å². The normalized spacial score (nSPS) is 15.1. The molecule has 8 heteroatoms. The first-order valence-electron chi connectivity index (χ1n) is 11.6. The van der Waals surface area contributed by atoms with E-state index in [1.54, 1.807) is 24.3 Å². The Hall–Kier alpha value is -3.87. The highest BCUT2D eigenvalue weighted by molar-refractivity contribution is 6.36. The number of esters is 1. The molecule has 1 amide bonds. The molecular formula is C29H21Cl2NO5. The van der Waals surface area contributed by atoms with Crippen molar-refractivity contribution in [2.75, 3.05) is 18.1 Å². The number of carbonyl (C=O) groups excluding carboxylic acids is 3. The Kier molecular flexibility index (Phi) is 7.12. The molecule has 0 unspecified atom stereocenters. The lowest BCUT2D eigenvalue weighted by molar-refractivity contribution is -0.147. The number of rotatable bonds is 7. The van der Waals surface area contributed by atoms with E-state index in [1.165, 1.54) is 23.1 Å². The molecule has 0 N–H and O–H groups in total. The summed E-state index contributed by atoms with van der Waals surface area (Å²) in [6.07, 6.45) is 0.00296. The second-order valence-corrected chi connectivity index (χ2v) is 9.48. The molecule has 1 aliphatic heterocycles. The van der Waals surface area contributed by atoms with Crippen LogP contribution in [0.25, 0.3) is 10.8 Å². The lowest BCUT2D eigenvalue weighted by Gasteiger charge is -2.17. The first-order chi connectivity index (χ1) is 17.9. The molecule has 6 nitrogen and oxygen atoms in total. The minimum atomic E-state index is -0.674. The number of carbonyl (C=O) groups is 3. The highest BCUT2D eigenvalue weighted by Crippen LogP contribution is 2.32. The Balaban J connectivity index is 1.20. The van der Waals surface area contributed by atoms with Crippen LogP contribution in [0.5, 0.6) is 11.5 Å². The zero-order valence-electron chi connectivity index (χ0n) is 19.5. The first-order valence-corrected chi connectivity index (χ1v) is 12.4. The Morgan fingerprint density at radius 2 is 1.68 bits per heavy atom. The van der Waals surface area contributed by atoms with E-state index in [9.17, 15) is 14.4 Å². The topological polar surface area (TPSA) is 72.9 Å². The summed E-state index contributed by atoms with van der Waals surface area (Å²) in [7, 11) is 0. The van der Waals surface area contributed by atoms with Crippen molar-refractivity contribution in [3.8, 4) is 11.5 Å². The number of hydrogen-bond acceptors (Lipinski definition) is 5. The molecule has 0 radical (unpaired) electrons. The minimum absolute atomic E-state index is 0.00296. The second kappa shape index (κ2) is 10.6. The standard InChI is InChI=1S/C29H21Cl2NO5/c30-20-8-13-24(25(31)15-20)26(33)17-36-29(35)19-14-28(34)32(16-19)21-9-11-22(12-10-21)37-27-7-3-5-18-4-1-2-6-23(18)27/h1-13,15,19H,14,16-17H2/t19-/m1/s1. The van der Waals surface area contributed by atoms with Crippen molar-refractivity contribution in [1.82, 2.24) is 0 Å². The Morgan fingerprint density at radius 3 is 2.46 bits per heavy atom. The van der Waals surface area contributed by atoms with Crippen LogP contribution in [0.4, 0.5) is 5.69 Å². The number of fused-ring (bicyclic) bond motifs is 1. The van der Waals surface area contributed by atoms with Crippen LogP contribution in [0, 0.1) is 5.92 Å². The van der Waals surface area contributed by atoms with Crippen LogP contribution < -0.4 is 9.64 Å². The lowest BCUT2D eigenvalue weighted by Crippen LogP contribution is -2.27. The van der Waals surface area contributed by atoms with Crippen LogP contribution in [0.1, 0.15) is 16.8 Å². The van der Waals surface area contributed by atoms with Gasteiger partial charge in [0, 0.05) is 34.6 Å². The van der Waals surface area contributed by atoms with Gasteiger partial charge < -0.3 is 14.4 Å². The van der Waals surface area contributed by atoms with Gasteiger partial charge in [-0.3, -0.25) is 14.4 Å². The molecule has 1 heterocycles. The molecule has 0 aromatic heterocycles. The van der Waals surface area contributed by atoms with Gasteiger partial charge in [0.05, 0.1) is 10.9 Å². The van der Waals surface area contributed by atoms with Crippen molar-refractivity contribution in [1.29, 1.82) is 0 Å². The second-order valence-electron chi connectivity index (χ2n) is 8.63. The summed E-state index contributed by atoms with van der Waals surface area (Å²) in [4.78, 5) is 39.1. The number of Topliss-reactive ketones (excluding diaryl/α,β-unsaturated/α-hetero) is 1. The molecule has 1 saturated heterocycles. The maximum Gasteiger partial charge on any atom is 0.311 e. The molecule has 0 bridgehead atoms.